The lowest BCUT2D eigenvalue weighted by molar-refractivity contribution is 0.0497. The van der Waals surface area contributed by atoms with Gasteiger partial charge in [0.25, 0.3) is 0 Å². The highest BCUT2D eigenvalue weighted by molar-refractivity contribution is 5.46. The second-order valence-corrected chi connectivity index (χ2v) is 7.19. The summed E-state index contributed by atoms with van der Waals surface area (Å²) >= 11 is 0. The minimum Gasteiger partial charge on any atom is -0.369 e. The number of hydrogen-bond acceptors (Lipinski definition) is 3. The summed E-state index contributed by atoms with van der Waals surface area (Å²) in [4.78, 5) is 5.35. The molecule has 2 unspecified atom stereocenters. The zero-order valence-corrected chi connectivity index (χ0v) is 12.9. The van der Waals surface area contributed by atoms with Crippen LogP contribution in [0.3, 0.4) is 0 Å². The van der Waals surface area contributed by atoms with E-state index in [0.29, 0.717) is 11.0 Å². The molecule has 2 N–H and O–H groups in total. The van der Waals surface area contributed by atoms with Crippen LogP contribution in [-0.4, -0.2) is 43.2 Å². The fraction of sp³-hybridized carbons (Fsp3) is 0.667. The van der Waals surface area contributed by atoms with Gasteiger partial charge in [0.2, 0.25) is 0 Å². The first-order valence-electron chi connectivity index (χ1n) is 8.55. The maximum absolute atomic E-state index is 5.72. The van der Waals surface area contributed by atoms with Crippen molar-refractivity contribution in [3.8, 4) is 0 Å². The molecule has 3 nitrogen and oxygen atoms in total. The summed E-state index contributed by atoms with van der Waals surface area (Å²) in [7, 11) is 0. The fourth-order valence-corrected chi connectivity index (χ4v) is 4.98. The first kappa shape index (κ1) is 13.6. The van der Waals surface area contributed by atoms with Gasteiger partial charge >= 0.3 is 0 Å². The fourth-order valence-electron chi connectivity index (χ4n) is 4.98. The number of benzene rings is 1. The van der Waals surface area contributed by atoms with Crippen LogP contribution >= 0.6 is 0 Å². The van der Waals surface area contributed by atoms with Crippen molar-refractivity contribution in [2.45, 2.75) is 37.6 Å². The summed E-state index contributed by atoms with van der Waals surface area (Å²) in [6.07, 6.45) is 6.91. The quantitative estimate of drug-likeness (QED) is 0.902. The van der Waals surface area contributed by atoms with Gasteiger partial charge in [-0.2, -0.15) is 0 Å². The molecule has 2 aliphatic carbocycles. The zero-order chi connectivity index (χ0) is 14.3. The molecule has 3 heteroatoms. The zero-order valence-electron chi connectivity index (χ0n) is 12.9. The Bertz CT molecular complexity index is 494. The molecule has 0 amide bonds. The van der Waals surface area contributed by atoms with Gasteiger partial charge in [-0.05, 0) is 56.2 Å². The molecule has 1 saturated heterocycles. The number of nitrogens with two attached hydrogens (primary N) is 1. The number of anilines is 1. The van der Waals surface area contributed by atoms with Gasteiger partial charge in [0.15, 0.2) is 0 Å². The third-order valence-electron chi connectivity index (χ3n) is 6.38. The Morgan fingerprint density at radius 3 is 2.38 bits per heavy atom. The van der Waals surface area contributed by atoms with Crippen LogP contribution in [0.25, 0.3) is 0 Å². The van der Waals surface area contributed by atoms with E-state index in [1.807, 2.05) is 0 Å². The molecule has 1 heterocycles. The third kappa shape index (κ3) is 2.01. The number of para-hydroxylation sites is 1. The summed E-state index contributed by atoms with van der Waals surface area (Å²) in [6, 6.07) is 10.9. The van der Waals surface area contributed by atoms with Gasteiger partial charge in [-0.1, -0.05) is 18.2 Å². The van der Waals surface area contributed by atoms with E-state index < -0.39 is 0 Å². The lowest BCUT2D eigenvalue weighted by Crippen LogP contribution is -2.56. The van der Waals surface area contributed by atoms with Gasteiger partial charge in [0.05, 0.1) is 0 Å². The van der Waals surface area contributed by atoms with E-state index in [-0.39, 0.29) is 0 Å². The second-order valence-electron chi connectivity index (χ2n) is 7.19. The monoisotopic (exact) mass is 285 g/mol. The predicted molar refractivity (Wildman–Crippen MR) is 87.5 cm³/mol. The molecular weight excluding hydrogens is 258 g/mol. The van der Waals surface area contributed by atoms with E-state index >= 15 is 0 Å². The normalized spacial score (nSPS) is 35.2. The molecule has 3 aliphatic rings. The van der Waals surface area contributed by atoms with E-state index in [2.05, 4.69) is 40.1 Å². The van der Waals surface area contributed by atoms with Crippen molar-refractivity contribution >= 4 is 5.69 Å². The molecule has 21 heavy (non-hydrogen) atoms. The first-order valence-corrected chi connectivity index (χ1v) is 8.55. The summed E-state index contributed by atoms with van der Waals surface area (Å²) in [5.41, 5.74) is 8.36. The average Bonchev–Trinajstić information content (AvgIpc) is 3.02. The highest BCUT2D eigenvalue weighted by Crippen LogP contribution is 2.75. The van der Waals surface area contributed by atoms with Crippen molar-refractivity contribution in [3.63, 3.8) is 0 Å². The minimum absolute atomic E-state index is 0.588. The van der Waals surface area contributed by atoms with Crippen molar-refractivity contribution in [2.75, 3.05) is 37.6 Å². The molecule has 1 aliphatic heterocycles. The van der Waals surface area contributed by atoms with Crippen molar-refractivity contribution in [3.05, 3.63) is 30.3 Å². The van der Waals surface area contributed by atoms with Crippen molar-refractivity contribution < 1.29 is 0 Å². The van der Waals surface area contributed by atoms with Gasteiger partial charge in [-0.3, -0.25) is 4.90 Å². The van der Waals surface area contributed by atoms with Crippen LogP contribution in [0.5, 0.6) is 0 Å². The van der Waals surface area contributed by atoms with Crippen LogP contribution in [0.2, 0.25) is 0 Å². The minimum atomic E-state index is 0.588. The Kier molecular flexibility index (Phi) is 3.23. The number of nitrogens with zero attached hydrogens (tertiary/aromatic N) is 2. The molecular formula is C18H27N3. The van der Waals surface area contributed by atoms with Crippen molar-refractivity contribution in [2.24, 2.45) is 11.1 Å². The van der Waals surface area contributed by atoms with E-state index in [0.717, 1.165) is 6.54 Å². The smallest absolute Gasteiger partial charge is 0.0367 e. The Balaban J connectivity index is 1.37. The first-order chi connectivity index (χ1) is 10.3. The number of fused-ring (bicyclic) bond motifs is 1. The van der Waals surface area contributed by atoms with Crippen LogP contribution < -0.4 is 10.6 Å². The lowest BCUT2D eigenvalue weighted by atomic mass is 9.75. The van der Waals surface area contributed by atoms with Gasteiger partial charge in [-0.15, -0.1) is 0 Å². The molecule has 0 aromatic heterocycles. The molecule has 114 valence electrons. The van der Waals surface area contributed by atoms with E-state index in [1.54, 1.807) is 0 Å². The maximum atomic E-state index is 5.72. The number of piperazine rings is 1. The maximum Gasteiger partial charge on any atom is 0.0367 e. The highest BCUT2D eigenvalue weighted by atomic mass is 15.3. The van der Waals surface area contributed by atoms with Crippen molar-refractivity contribution in [1.29, 1.82) is 0 Å². The van der Waals surface area contributed by atoms with E-state index in [1.165, 1.54) is 64.0 Å². The van der Waals surface area contributed by atoms with Crippen LogP contribution in [0.4, 0.5) is 5.69 Å². The molecule has 1 aromatic rings. The van der Waals surface area contributed by atoms with E-state index in [9.17, 15) is 0 Å². The summed E-state index contributed by atoms with van der Waals surface area (Å²) in [5.74, 6) is 0. The topological polar surface area (TPSA) is 32.5 Å². The Hall–Kier alpha value is -1.06. The molecule has 2 saturated carbocycles. The Labute approximate surface area is 128 Å². The predicted octanol–water partition coefficient (Wildman–Crippen LogP) is 2.47. The lowest BCUT2D eigenvalue weighted by Gasteiger charge is -2.48. The van der Waals surface area contributed by atoms with Crippen LogP contribution in [0, 0.1) is 5.41 Å². The van der Waals surface area contributed by atoms with Crippen LogP contribution in [-0.2, 0) is 0 Å². The van der Waals surface area contributed by atoms with Crippen molar-refractivity contribution in [1.82, 2.24) is 4.90 Å². The molecule has 0 radical (unpaired) electrons. The van der Waals surface area contributed by atoms with Gasteiger partial charge in [-0.25, -0.2) is 0 Å². The molecule has 3 fully saturated rings. The van der Waals surface area contributed by atoms with Crippen LogP contribution in [0.15, 0.2) is 30.3 Å². The Morgan fingerprint density at radius 1 is 1.00 bits per heavy atom. The molecule has 1 aromatic carbocycles. The second kappa shape index (κ2) is 4.99. The summed E-state index contributed by atoms with van der Waals surface area (Å²) in [5, 5.41) is 0. The third-order valence-corrected chi connectivity index (χ3v) is 6.38. The molecule has 0 spiro atoms. The van der Waals surface area contributed by atoms with Gasteiger partial charge < -0.3 is 10.6 Å². The highest BCUT2D eigenvalue weighted by Gasteiger charge is 2.75. The molecule has 2 atom stereocenters. The number of rotatable bonds is 5. The Morgan fingerprint density at radius 2 is 1.76 bits per heavy atom. The summed E-state index contributed by atoms with van der Waals surface area (Å²) in [6.45, 7) is 5.69. The summed E-state index contributed by atoms with van der Waals surface area (Å²) < 4.78 is 0. The number of hydrogen-bond donors (Lipinski definition) is 1. The SMILES string of the molecule is NCCCC12CCC1(N1CCN(c3ccccc3)CC1)C2. The van der Waals surface area contributed by atoms with Crippen LogP contribution in [0.1, 0.15) is 32.1 Å². The molecule has 0 bridgehead atoms. The largest absolute Gasteiger partial charge is 0.369 e. The van der Waals surface area contributed by atoms with Gasteiger partial charge in [0.1, 0.15) is 0 Å². The molecule has 4 rings (SSSR count). The standard InChI is InChI=1S/C18H27N3/c19-10-4-7-17-8-9-18(17,15-17)21-13-11-20(12-14-21)16-5-2-1-3-6-16/h1-3,5-6H,4,7-15,19H2. The van der Waals surface area contributed by atoms with Gasteiger partial charge in [0, 0.05) is 37.4 Å². The van der Waals surface area contributed by atoms with E-state index in [4.69, 9.17) is 5.73 Å². The average molecular weight is 285 g/mol.